The molecule has 4 rings (SSSR count). The van der Waals surface area contributed by atoms with Crippen LogP contribution in [0.5, 0.6) is 5.75 Å². The molecule has 0 atom stereocenters. The maximum Gasteiger partial charge on any atom is 0.262 e. The molecule has 1 N–H and O–H groups in total. The molecule has 0 aromatic heterocycles. The second-order valence-electron chi connectivity index (χ2n) is 7.59. The van der Waals surface area contributed by atoms with E-state index < -0.39 is 21.7 Å². The number of sulfonamides is 1. The minimum atomic E-state index is -3.74. The number of ether oxygens (including phenoxy) is 3. The van der Waals surface area contributed by atoms with Crippen LogP contribution in [0.25, 0.3) is 0 Å². The zero-order chi connectivity index (χ0) is 23.3. The largest absolute Gasteiger partial charge is 0.484 e. The van der Waals surface area contributed by atoms with Gasteiger partial charge in [0.2, 0.25) is 10.0 Å². The number of nitrogens with one attached hydrogen (secondary N) is 1. The van der Waals surface area contributed by atoms with Crippen LogP contribution < -0.4 is 15.0 Å². The van der Waals surface area contributed by atoms with Crippen molar-refractivity contribution in [1.82, 2.24) is 4.31 Å². The van der Waals surface area contributed by atoms with E-state index in [4.69, 9.17) is 14.2 Å². The minimum Gasteiger partial charge on any atom is -0.484 e. The molecule has 2 aliphatic rings. The number of carbonyl (C=O) groups excluding carboxylic acids is 1. The number of hydrogen-bond donors (Lipinski definition) is 1. The number of hydrogen-bond acceptors (Lipinski definition) is 7. The lowest BCUT2D eigenvalue weighted by Gasteiger charge is -2.31. The van der Waals surface area contributed by atoms with Crippen LogP contribution in [0.3, 0.4) is 0 Å². The molecule has 0 unspecified atom stereocenters. The standard InChI is InChI=1S/C22H26FN3O6S/c23-17-2-1-3-18(14-17)32-16-22(27)24-20-15-19(33(28,29)26-8-12-31-13-9-26)4-5-21(20)25-6-10-30-11-7-25/h1-5,14-15H,6-13,16H2,(H,24,27). The Morgan fingerprint density at radius 3 is 2.39 bits per heavy atom. The van der Waals surface area contributed by atoms with Gasteiger partial charge in [0.1, 0.15) is 11.6 Å². The molecule has 178 valence electrons. The third-order valence-electron chi connectivity index (χ3n) is 5.37. The number of anilines is 2. The van der Waals surface area contributed by atoms with Crippen LogP contribution >= 0.6 is 0 Å². The second-order valence-corrected chi connectivity index (χ2v) is 9.53. The van der Waals surface area contributed by atoms with E-state index in [1.54, 1.807) is 18.2 Å². The van der Waals surface area contributed by atoms with Gasteiger partial charge in [0, 0.05) is 32.2 Å². The van der Waals surface area contributed by atoms with E-state index in [-0.39, 0.29) is 30.3 Å². The molecule has 0 saturated carbocycles. The first-order valence-corrected chi connectivity index (χ1v) is 12.1. The highest BCUT2D eigenvalue weighted by Crippen LogP contribution is 2.31. The van der Waals surface area contributed by atoms with Gasteiger partial charge in [-0.1, -0.05) is 6.07 Å². The molecule has 2 heterocycles. The molecule has 9 nitrogen and oxygen atoms in total. The lowest BCUT2D eigenvalue weighted by Crippen LogP contribution is -2.40. The van der Waals surface area contributed by atoms with Crippen molar-refractivity contribution in [3.05, 3.63) is 48.3 Å². The van der Waals surface area contributed by atoms with E-state index in [1.165, 1.54) is 28.6 Å². The lowest BCUT2D eigenvalue weighted by atomic mass is 10.2. The Balaban J connectivity index is 1.56. The Morgan fingerprint density at radius 2 is 1.70 bits per heavy atom. The fraction of sp³-hybridized carbons (Fsp3) is 0.409. The van der Waals surface area contributed by atoms with Gasteiger partial charge >= 0.3 is 0 Å². The molecule has 11 heteroatoms. The highest BCUT2D eigenvalue weighted by Gasteiger charge is 2.28. The molecule has 0 aliphatic carbocycles. The first-order chi connectivity index (χ1) is 15.9. The Morgan fingerprint density at radius 1 is 1.00 bits per heavy atom. The smallest absolute Gasteiger partial charge is 0.262 e. The van der Waals surface area contributed by atoms with E-state index in [1.807, 2.05) is 4.90 Å². The van der Waals surface area contributed by atoms with Gasteiger partial charge in [-0.3, -0.25) is 4.79 Å². The van der Waals surface area contributed by atoms with Gasteiger partial charge in [-0.05, 0) is 30.3 Å². The zero-order valence-corrected chi connectivity index (χ0v) is 18.9. The number of nitrogens with zero attached hydrogens (tertiary/aromatic N) is 2. The van der Waals surface area contributed by atoms with Crippen molar-refractivity contribution in [1.29, 1.82) is 0 Å². The van der Waals surface area contributed by atoms with Crippen LogP contribution in [0.2, 0.25) is 0 Å². The Bertz CT molecular complexity index is 1090. The summed E-state index contributed by atoms with van der Waals surface area (Å²) in [6.45, 7) is 3.16. The maximum absolute atomic E-state index is 13.3. The van der Waals surface area contributed by atoms with Crippen molar-refractivity contribution < 1.29 is 31.8 Å². The molecular weight excluding hydrogens is 453 g/mol. The van der Waals surface area contributed by atoms with Crippen LogP contribution in [-0.4, -0.2) is 77.8 Å². The van der Waals surface area contributed by atoms with Crippen molar-refractivity contribution in [2.24, 2.45) is 0 Å². The minimum absolute atomic E-state index is 0.0859. The number of benzene rings is 2. The van der Waals surface area contributed by atoms with Crippen molar-refractivity contribution in [2.45, 2.75) is 4.90 Å². The quantitative estimate of drug-likeness (QED) is 0.646. The highest BCUT2D eigenvalue weighted by molar-refractivity contribution is 7.89. The van der Waals surface area contributed by atoms with Crippen molar-refractivity contribution in [3.8, 4) is 5.75 Å². The molecule has 0 bridgehead atoms. The Labute approximate surface area is 192 Å². The van der Waals surface area contributed by atoms with Crippen LogP contribution in [0, 0.1) is 5.82 Å². The van der Waals surface area contributed by atoms with Gasteiger partial charge in [0.15, 0.2) is 6.61 Å². The molecular formula is C22H26FN3O6S. The normalized spacial score (nSPS) is 17.5. The monoisotopic (exact) mass is 479 g/mol. The molecule has 33 heavy (non-hydrogen) atoms. The molecule has 2 aromatic rings. The maximum atomic E-state index is 13.3. The van der Waals surface area contributed by atoms with E-state index in [9.17, 15) is 17.6 Å². The second kappa shape index (κ2) is 10.5. The number of halogens is 1. The van der Waals surface area contributed by atoms with Crippen LogP contribution in [0.15, 0.2) is 47.4 Å². The van der Waals surface area contributed by atoms with Crippen LogP contribution in [0.1, 0.15) is 0 Å². The summed E-state index contributed by atoms with van der Waals surface area (Å²) in [5, 5.41) is 2.76. The fourth-order valence-corrected chi connectivity index (χ4v) is 5.12. The lowest BCUT2D eigenvalue weighted by molar-refractivity contribution is -0.118. The van der Waals surface area contributed by atoms with Crippen LogP contribution in [0.4, 0.5) is 15.8 Å². The predicted octanol–water partition coefficient (Wildman–Crippen LogP) is 1.70. The van der Waals surface area contributed by atoms with Crippen LogP contribution in [-0.2, 0) is 24.3 Å². The number of rotatable bonds is 7. The van der Waals surface area contributed by atoms with E-state index in [2.05, 4.69) is 5.32 Å². The first kappa shape index (κ1) is 23.4. The third-order valence-corrected chi connectivity index (χ3v) is 7.26. The molecule has 0 spiro atoms. The predicted molar refractivity (Wildman–Crippen MR) is 120 cm³/mol. The molecule has 1 amide bonds. The van der Waals surface area contributed by atoms with E-state index in [0.29, 0.717) is 50.9 Å². The van der Waals surface area contributed by atoms with Crippen molar-refractivity contribution in [3.63, 3.8) is 0 Å². The molecule has 0 radical (unpaired) electrons. The summed E-state index contributed by atoms with van der Waals surface area (Å²) in [5.41, 5.74) is 1.05. The Kier molecular flexibility index (Phi) is 7.43. The molecule has 2 aromatic carbocycles. The summed E-state index contributed by atoms with van der Waals surface area (Å²) >= 11 is 0. The average Bonchev–Trinajstić information content (AvgIpc) is 2.84. The summed E-state index contributed by atoms with van der Waals surface area (Å²) in [7, 11) is -3.74. The fourth-order valence-electron chi connectivity index (χ4n) is 3.68. The molecule has 2 saturated heterocycles. The average molecular weight is 480 g/mol. The van der Waals surface area contributed by atoms with Crippen molar-refractivity contribution >= 4 is 27.3 Å². The van der Waals surface area contributed by atoms with Gasteiger partial charge in [-0.25, -0.2) is 12.8 Å². The molecule has 2 aliphatic heterocycles. The number of morpholine rings is 2. The number of carbonyl (C=O) groups is 1. The zero-order valence-electron chi connectivity index (χ0n) is 18.0. The van der Waals surface area contributed by atoms with E-state index >= 15 is 0 Å². The first-order valence-electron chi connectivity index (χ1n) is 10.7. The van der Waals surface area contributed by atoms with Gasteiger partial charge in [-0.15, -0.1) is 0 Å². The summed E-state index contributed by atoms with van der Waals surface area (Å²) in [5.74, 6) is -0.736. The van der Waals surface area contributed by atoms with Gasteiger partial charge in [0.25, 0.3) is 5.91 Å². The SMILES string of the molecule is O=C(COc1cccc(F)c1)Nc1cc(S(=O)(=O)N2CCOCC2)ccc1N1CCOCC1. The summed E-state index contributed by atoms with van der Waals surface area (Å²) in [4.78, 5) is 14.7. The van der Waals surface area contributed by atoms with E-state index in [0.717, 1.165) is 0 Å². The highest BCUT2D eigenvalue weighted by atomic mass is 32.2. The topological polar surface area (TPSA) is 97.4 Å². The van der Waals surface area contributed by atoms with Crippen molar-refractivity contribution in [2.75, 3.05) is 69.4 Å². The molecule has 2 fully saturated rings. The van der Waals surface area contributed by atoms with Gasteiger partial charge in [0.05, 0.1) is 42.7 Å². The number of amides is 1. The summed E-state index contributed by atoms with van der Waals surface area (Å²) in [6, 6.07) is 10.2. The van der Waals surface area contributed by atoms with Gasteiger partial charge in [-0.2, -0.15) is 4.31 Å². The van der Waals surface area contributed by atoms with Gasteiger partial charge < -0.3 is 24.4 Å². The Hall–Kier alpha value is -2.73. The summed E-state index contributed by atoms with van der Waals surface area (Å²) < 4.78 is 57.0. The third kappa shape index (κ3) is 5.80. The summed E-state index contributed by atoms with van der Waals surface area (Å²) in [6.07, 6.45) is 0.